The Labute approximate surface area is 140 Å². The summed E-state index contributed by atoms with van der Waals surface area (Å²) in [5, 5.41) is 13.6. The predicted molar refractivity (Wildman–Crippen MR) is 85.6 cm³/mol. The maximum atomic E-state index is 11.8. The van der Waals surface area contributed by atoms with Crippen molar-refractivity contribution in [1.82, 2.24) is 20.0 Å². The number of ether oxygens (including phenoxy) is 1. The number of carboxylic acids is 1. The molecule has 0 aliphatic carbocycles. The Bertz CT molecular complexity index is 686. The summed E-state index contributed by atoms with van der Waals surface area (Å²) < 4.78 is 10.6. The Morgan fingerprint density at radius 2 is 2.21 bits per heavy atom. The second kappa shape index (κ2) is 7.87. The summed E-state index contributed by atoms with van der Waals surface area (Å²) in [6.45, 7) is 6.35. The molecule has 0 aromatic carbocycles. The van der Waals surface area contributed by atoms with Gasteiger partial charge in [-0.25, -0.2) is 4.98 Å². The van der Waals surface area contributed by atoms with E-state index in [1.54, 1.807) is 30.3 Å². The van der Waals surface area contributed by atoms with Gasteiger partial charge in [-0.15, -0.1) is 0 Å². The third kappa shape index (κ3) is 4.08. The zero-order valence-corrected chi connectivity index (χ0v) is 14.3. The summed E-state index contributed by atoms with van der Waals surface area (Å²) in [4.78, 5) is 21.8. The number of likely N-dealkylation sites (N-methyl/N-ethyl adjacent to an activating group) is 1. The van der Waals surface area contributed by atoms with Gasteiger partial charge in [0.15, 0.2) is 5.82 Å². The van der Waals surface area contributed by atoms with Crippen molar-refractivity contribution in [3.63, 3.8) is 0 Å². The van der Waals surface area contributed by atoms with Crippen molar-refractivity contribution in [2.24, 2.45) is 0 Å². The average Bonchev–Trinajstić information content (AvgIpc) is 2.98. The summed E-state index contributed by atoms with van der Waals surface area (Å²) in [5.74, 6) is 0.421. The van der Waals surface area contributed by atoms with Crippen LogP contribution in [-0.2, 0) is 11.3 Å². The highest BCUT2D eigenvalue weighted by molar-refractivity contribution is 5.76. The van der Waals surface area contributed by atoms with Crippen molar-refractivity contribution in [2.75, 3.05) is 13.7 Å². The largest absolute Gasteiger partial charge is 0.480 e. The van der Waals surface area contributed by atoms with E-state index >= 15 is 0 Å². The molecular formula is C16H22N4O4. The van der Waals surface area contributed by atoms with Crippen molar-refractivity contribution in [1.29, 1.82) is 0 Å². The number of pyridine rings is 1. The minimum Gasteiger partial charge on any atom is -0.480 e. The van der Waals surface area contributed by atoms with E-state index in [-0.39, 0.29) is 12.5 Å². The van der Waals surface area contributed by atoms with E-state index in [2.05, 4.69) is 15.1 Å². The number of hydrogen-bond donors (Lipinski definition) is 1. The van der Waals surface area contributed by atoms with E-state index in [9.17, 15) is 9.90 Å². The average molecular weight is 334 g/mol. The van der Waals surface area contributed by atoms with Gasteiger partial charge >= 0.3 is 5.97 Å². The van der Waals surface area contributed by atoms with Crippen LogP contribution in [0.3, 0.4) is 0 Å². The van der Waals surface area contributed by atoms with Gasteiger partial charge in [-0.2, -0.15) is 4.98 Å². The monoisotopic (exact) mass is 334 g/mol. The Morgan fingerprint density at radius 3 is 2.79 bits per heavy atom. The van der Waals surface area contributed by atoms with E-state index in [0.29, 0.717) is 29.8 Å². The smallest absolute Gasteiger partial charge is 0.325 e. The lowest BCUT2D eigenvalue weighted by Crippen LogP contribution is -2.31. The summed E-state index contributed by atoms with van der Waals surface area (Å²) in [6, 6.07) is 2.45. The van der Waals surface area contributed by atoms with Crippen molar-refractivity contribution < 1.29 is 19.2 Å². The quantitative estimate of drug-likeness (QED) is 0.784. The molecule has 0 spiro atoms. The van der Waals surface area contributed by atoms with Gasteiger partial charge in [0.05, 0.1) is 13.2 Å². The van der Waals surface area contributed by atoms with E-state index < -0.39 is 12.0 Å². The van der Waals surface area contributed by atoms with Crippen LogP contribution in [0.15, 0.2) is 22.9 Å². The van der Waals surface area contributed by atoms with Gasteiger partial charge in [-0.3, -0.25) is 9.69 Å². The fraction of sp³-hybridized carbons (Fsp3) is 0.500. The maximum Gasteiger partial charge on any atom is 0.325 e. The summed E-state index contributed by atoms with van der Waals surface area (Å²) in [5.41, 5.74) is 0.484. The predicted octanol–water partition coefficient (Wildman–Crippen LogP) is 2.24. The minimum absolute atomic E-state index is 0.144. The van der Waals surface area contributed by atoms with E-state index in [1.165, 1.54) is 0 Å². The van der Waals surface area contributed by atoms with Crippen LogP contribution in [0, 0.1) is 0 Å². The van der Waals surface area contributed by atoms with Crippen molar-refractivity contribution in [3.05, 3.63) is 35.6 Å². The molecule has 0 unspecified atom stereocenters. The van der Waals surface area contributed by atoms with Gasteiger partial charge in [-0.05, 0) is 26.1 Å². The number of aliphatic carboxylic acids is 1. The topological polar surface area (TPSA) is 102 Å². The van der Waals surface area contributed by atoms with E-state index in [0.717, 1.165) is 0 Å². The Kier molecular flexibility index (Phi) is 5.86. The first-order valence-electron chi connectivity index (χ1n) is 7.77. The molecule has 2 aromatic rings. The van der Waals surface area contributed by atoms with Crippen LogP contribution < -0.4 is 4.74 Å². The van der Waals surface area contributed by atoms with Crippen molar-refractivity contribution >= 4 is 5.97 Å². The molecule has 1 atom stereocenters. The highest BCUT2D eigenvalue weighted by Gasteiger charge is 2.29. The molecule has 8 heteroatoms. The molecule has 0 saturated heterocycles. The Hall–Kier alpha value is -2.48. The molecule has 0 radical (unpaired) electrons. The van der Waals surface area contributed by atoms with Gasteiger partial charge in [0, 0.05) is 17.7 Å². The molecule has 8 nitrogen and oxygen atoms in total. The van der Waals surface area contributed by atoms with E-state index in [4.69, 9.17) is 9.26 Å². The number of aromatic nitrogens is 3. The highest BCUT2D eigenvalue weighted by atomic mass is 16.5. The van der Waals surface area contributed by atoms with Crippen molar-refractivity contribution in [3.8, 4) is 5.88 Å². The fourth-order valence-electron chi connectivity index (χ4n) is 2.30. The molecule has 2 aromatic heterocycles. The first-order chi connectivity index (χ1) is 11.4. The first-order valence-corrected chi connectivity index (χ1v) is 7.77. The van der Waals surface area contributed by atoms with Gasteiger partial charge in [0.1, 0.15) is 6.04 Å². The maximum absolute atomic E-state index is 11.8. The second-order valence-corrected chi connectivity index (χ2v) is 5.69. The SMILES string of the molecule is CCOc1ncccc1[C@@H](C(=O)O)N(C)Cc1nc(C(C)C)no1. The lowest BCUT2D eigenvalue weighted by molar-refractivity contribution is -0.143. The molecule has 0 fully saturated rings. The molecule has 0 amide bonds. The van der Waals surface area contributed by atoms with Gasteiger partial charge in [0.25, 0.3) is 0 Å². The molecule has 130 valence electrons. The number of rotatable bonds is 8. The van der Waals surface area contributed by atoms with Crippen molar-refractivity contribution in [2.45, 2.75) is 39.3 Å². The number of carboxylic acid groups (broad SMARTS) is 1. The Balaban J connectivity index is 2.25. The molecule has 0 aliphatic rings. The zero-order valence-electron chi connectivity index (χ0n) is 14.3. The molecule has 2 rings (SSSR count). The molecule has 0 aliphatic heterocycles. The molecule has 24 heavy (non-hydrogen) atoms. The second-order valence-electron chi connectivity index (χ2n) is 5.69. The summed E-state index contributed by atoms with van der Waals surface area (Å²) in [7, 11) is 1.68. The molecular weight excluding hydrogens is 312 g/mol. The van der Waals surface area contributed by atoms with Crippen LogP contribution in [0.1, 0.15) is 50.0 Å². The molecule has 0 bridgehead atoms. The first kappa shape index (κ1) is 17.9. The number of nitrogens with zero attached hydrogens (tertiary/aromatic N) is 4. The van der Waals surface area contributed by atoms with Crippen LogP contribution in [-0.4, -0.2) is 44.8 Å². The third-order valence-electron chi connectivity index (χ3n) is 3.44. The molecule has 0 saturated carbocycles. The lowest BCUT2D eigenvalue weighted by Gasteiger charge is -2.24. The van der Waals surface area contributed by atoms with Gasteiger partial charge in [0.2, 0.25) is 11.8 Å². The number of carbonyl (C=O) groups is 1. The van der Waals surface area contributed by atoms with Gasteiger partial charge in [-0.1, -0.05) is 19.0 Å². The van der Waals surface area contributed by atoms with E-state index in [1.807, 2.05) is 20.8 Å². The standard InChI is InChI=1S/C16H22N4O4/c1-5-23-15-11(7-6-8-17-15)13(16(21)22)20(4)9-12-18-14(10(2)3)19-24-12/h6-8,10,13H,5,9H2,1-4H3,(H,21,22)/t13-/m0/s1. The highest BCUT2D eigenvalue weighted by Crippen LogP contribution is 2.28. The Morgan fingerprint density at radius 1 is 1.46 bits per heavy atom. The van der Waals surface area contributed by atoms with Gasteiger partial charge < -0.3 is 14.4 Å². The van der Waals surface area contributed by atoms with Crippen LogP contribution >= 0.6 is 0 Å². The normalized spacial score (nSPS) is 12.6. The van der Waals surface area contributed by atoms with Crippen LogP contribution in [0.5, 0.6) is 5.88 Å². The molecule has 1 N–H and O–H groups in total. The lowest BCUT2D eigenvalue weighted by atomic mass is 10.1. The minimum atomic E-state index is -1.00. The van der Waals surface area contributed by atoms with Crippen LogP contribution in [0.2, 0.25) is 0 Å². The summed E-state index contributed by atoms with van der Waals surface area (Å²) >= 11 is 0. The van der Waals surface area contributed by atoms with Crippen LogP contribution in [0.4, 0.5) is 0 Å². The van der Waals surface area contributed by atoms with Crippen LogP contribution in [0.25, 0.3) is 0 Å². The molecule has 2 heterocycles. The zero-order chi connectivity index (χ0) is 17.7. The number of hydrogen-bond acceptors (Lipinski definition) is 7. The fourth-order valence-corrected chi connectivity index (χ4v) is 2.30. The third-order valence-corrected chi connectivity index (χ3v) is 3.44. The summed E-state index contributed by atoms with van der Waals surface area (Å²) in [6.07, 6.45) is 1.57.